The molecule has 0 bridgehead atoms. The summed E-state index contributed by atoms with van der Waals surface area (Å²) in [4.78, 5) is 2.11. The summed E-state index contributed by atoms with van der Waals surface area (Å²) in [5, 5.41) is 18.8. The molecule has 0 aliphatic heterocycles. The van der Waals surface area contributed by atoms with E-state index in [2.05, 4.69) is 24.0 Å². The Morgan fingerprint density at radius 3 is 2.32 bits per heavy atom. The fraction of sp³-hybridized carbons (Fsp3) is 0.200. The summed E-state index contributed by atoms with van der Waals surface area (Å²) in [6, 6.07) is 15.5. The van der Waals surface area contributed by atoms with Gasteiger partial charge in [0.2, 0.25) is 0 Å². The van der Waals surface area contributed by atoms with E-state index in [0.29, 0.717) is 12.0 Å². The van der Waals surface area contributed by atoms with Crippen LogP contribution < -0.4 is 10.4 Å². The molecule has 2 N–H and O–H groups in total. The molecule has 4 heteroatoms. The zero-order chi connectivity index (χ0) is 13.8. The Kier molecular flexibility index (Phi) is 4.25. The van der Waals surface area contributed by atoms with E-state index in [4.69, 9.17) is 0 Å². The minimum absolute atomic E-state index is 0.558. The average Bonchev–Trinajstić information content (AvgIpc) is 2.39. The maximum atomic E-state index is 9.38. The predicted molar refractivity (Wildman–Crippen MR) is 79.6 cm³/mol. The molecule has 2 aromatic carbocycles. The van der Waals surface area contributed by atoms with Crippen LogP contribution in [0.3, 0.4) is 0 Å². The lowest BCUT2D eigenvalue weighted by molar-refractivity contribution is 0.425. The monoisotopic (exact) mass is 255 g/mol. The van der Waals surface area contributed by atoms with Crippen molar-refractivity contribution in [2.24, 2.45) is 0 Å². The maximum absolute atomic E-state index is 9.38. The van der Waals surface area contributed by atoms with Gasteiger partial charge in [-0.15, -0.1) is 0 Å². The second kappa shape index (κ2) is 5.91. The minimum Gasteiger partial charge on any atom is -0.423 e. The van der Waals surface area contributed by atoms with Crippen LogP contribution in [-0.2, 0) is 6.54 Å². The van der Waals surface area contributed by atoms with E-state index in [0.717, 1.165) is 11.3 Å². The van der Waals surface area contributed by atoms with E-state index in [1.807, 2.05) is 37.4 Å². The van der Waals surface area contributed by atoms with E-state index in [-0.39, 0.29) is 0 Å². The molecule has 0 spiro atoms. The second-order valence-electron chi connectivity index (χ2n) is 4.72. The zero-order valence-corrected chi connectivity index (χ0v) is 11.2. The third kappa shape index (κ3) is 3.16. The number of hydrogen-bond donors (Lipinski definition) is 2. The average molecular weight is 255 g/mol. The third-order valence-corrected chi connectivity index (χ3v) is 3.27. The van der Waals surface area contributed by atoms with Crippen LogP contribution in [-0.4, -0.2) is 24.2 Å². The van der Waals surface area contributed by atoms with E-state index in [9.17, 15) is 10.0 Å². The largest absolute Gasteiger partial charge is 0.488 e. The van der Waals surface area contributed by atoms with Crippen molar-refractivity contribution in [3.8, 4) is 0 Å². The molecule has 0 aliphatic carbocycles. The molecule has 0 saturated heterocycles. The molecule has 0 radical (unpaired) electrons. The second-order valence-corrected chi connectivity index (χ2v) is 4.72. The lowest BCUT2D eigenvalue weighted by Gasteiger charge is -2.22. The SMILES string of the molecule is Cc1ccccc1N(C)Cc1ccccc1B(O)O. The highest BCUT2D eigenvalue weighted by atomic mass is 16.4. The number of benzene rings is 2. The van der Waals surface area contributed by atoms with Crippen molar-refractivity contribution in [2.45, 2.75) is 13.5 Å². The number of para-hydroxylation sites is 1. The van der Waals surface area contributed by atoms with Crippen LogP contribution in [0.25, 0.3) is 0 Å². The summed E-state index contributed by atoms with van der Waals surface area (Å²) in [6.07, 6.45) is 0. The third-order valence-electron chi connectivity index (χ3n) is 3.27. The van der Waals surface area contributed by atoms with Crippen LogP contribution in [0.2, 0.25) is 0 Å². The Labute approximate surface area is 114 Å². The number of rotatable bonds is 4. The number of hydrogen-bond acceptors (Lipinski definition) is 3. The van der Waals surface area contributed by atoms with Gasteiger partial charge in [0.25, 0.3) is 0 Å². The maximum Gasteiger partial charge on any atom is 0.488 e. The molecule has 3 nitrogen and oxygen atoms in total. The minimum atomic E-state index is -1.43. The van der Waals surface area contributed by atoms with Gasteiger partial charge < -0.3 is 14.9 Å². The van der Waals surface area contributed by atoms with Crippen LogP contribution in [0.5, 0.6) is 0 Å². The van der Waals surface area contributed by atoms with Crippen molar-refractivity contribution in [3.05, 3.63) is 59.7 Å². The van der Waals surface area contributed by atoms with Gasteiger partial charge in [0, 0.05) is 19.3 Å². The van der Waals surface area contributed by atoms with Gasteiger partial charge in [-0.3, -0.25) is 0 Å². The van der Waals surface area contributed by atoms with Crippen molar-refractivity contribution >= 4 is 18.3 Å². The Hall–Kier alpha value is -1.78. The lowest BCUT2D eigenvalue weighted by Crippen LogP contribution is -2.35. The first kappa shape index (κ1) is 13.7. The first-order chi connectivity index (χ1) is 9.09. The van der Waals surface area contributed by atoms with Gasteiger partial charge in [0.15, 0.2) is 0 Å². The Balaban J connectivity index is 2.24. The molecule has 0 unspecified atom stereocenters. The van der Waals surface area contributed by atoms with E-state index in [1.165, 1.54) is 5.56 Å². The molecule has 0 aliphatic rings. The van der Waals surface area contributed by atoms with Gasteiger partial charge in [-0.25, -0.2) is 0 Å². The molecule has 19 heavy (non-hydrogen) atoms. The van der Waals surface area contributed by atoms with Crippen molar-refractivity contribution < 1.29 is 10.0 Å². The molecule has 0 saturated carbocycles. The highest BCUT2D eigenvalue weighted by Crippen LogP contribution is 2.19. The first-order valence-electron chi connectivity index (χ1n) is 6.30. The summed E-state index contributed by atoms with van der Waals surface area (Å²) in [6.45, 7) is 2.71. The van der Waals surface area contributed by atoms with Crippen LogP contribution in [0.15, 0.2) is 48.5 Å². The highest BCUT2D eigenvalue weighted by molar-refractivity contribution is 6.59. The molecule has 0 aromatic heterocycles. The molecule has 2 rings (SSSR count). The standard InChI is InChI=1S/C15H18BNO2/c1-12-7-3-6-10-15(12)17(2)11-13-8-4-5-9-14(13)16(18)19/h3-10,18-19H,11H2,1-2H3. The summed E-state index contributed by atoms with van der Waals surface area (Å²) in [5.74, 6) is 0. The van der Waals surface area contributed by atoms with E-state index in [1.54, 1.807) is 6.07 Å². The first-order valence-corrected chi connectivity index (χ1v) is 6.30. The molecular formula is C15H18BNO2. The molecule has 0 heterocycles. The fourth-order valence-electron chi connectivity index (χ4n) is 2.26. The fourth-order valence-corrected chi connectivity index (χ4v) is 2.26. The molecule has 0 atom stereocenters. The summed E-state index contributed by atoms with van der Waals surface area (Å²) >= 11 is 0. The lowest BCUT2D eigenvalue weighted by atomic mass is 9.77. The number of aryl methyl sites for hydroxylation is 1. The van der Waals surface area contributed by atoms with E-state index < -0.39 is 7.12 Å². The van der Waals surface area contributed by atoms with Crippen molar-refractivity contribution in [3.63, 3.8) is 0 Å². The van der Waals surface area contributed by atoms with Crippen molar-refractivity contribution in [1.82, 2.24) is 0 Å². The Morgan fingerprint density at radius 2 is 1.63 bits per heavy atom. The summed E-state index contributed by atoms with van der Waals surface area (Å²) in [5.41, 5.74) is 3.82. The van der Waals surface area contributed by atoms with Crippen molar-refractivity contribution in [2.75, 3.05) is 11.9 Å². The van der Waals surface area contributed by atoms with Crippen LogP contribution in [0.4, 0.5) is 5.69 Å². The van der Waals surface area contributed by atoms with Gasteiger partial charge >= 0.3 is 7.12 Å². The highest BCUT2D eigenvalue weighted by Gasteiger charge is 2.16. The zero-order valence-electron chi connectivity index (χ0n) is 11.2. The van der Waals surface area contributed by atoms with Crippen LogP contribution in [0, 0.1) is 6.92 Å². The topological polar surface area (TPSA) is 43.7 Å². The van der Waals surface area contributed by atoms with Crippen LogP contribution >= 0.6 is 0 Å². The Morgan fingerprint density at radius 1 is 1.00 bits per heavy atom. The summed E-state index contributed by atoms with van der Waals surface area (Å²) in [7, 11) is 0.574. The normalized spacial score (nSPS) is 10.3. The molecule has 0 amide bonds. The molecule has 0 fully saturated rings. The number of nitrogens with zero attached hydrogens (tertiary/aromatic N) is 1. The predicted octanol–water partition coefficient (Wildman–Crippen LogP) is 1.31. The smallest absolute Gasteiger partial charge is 0.423 e. The summed E-state index contributed by atoms with van der Waals surface area (Å²) < 4.78 is 0. The molecular weight excluding hydrogens is 237 g/mol. The van der Waals surface area contributed by atoms with Gasteiger partial charge in [-0.05, 0) is 29.6 Å². The van der Waals surface area contributed by atoms with Gasteiger partial charge in [-0.1, -0.05) is 42.5 Å². The van der Waals surface area contributed by atoms with Gasteiger partial charge in [0.05, 0.1) is 0 Å². The number of anilines is 1. The molecule has 98 valence electrons. The van der Waals surface area contributed by atoms with Crippen molar-refractivity contribution in [1.29, 1.82) is 0 Å². The van der Waals surface area contributed by atoms with E-state index >= 15 is 0 Å². The Bertz CT molecular complexity index is 557. The van der Waals surface area contributed by atoms with Gasteiger partial charge in [-0.2, -0.15) is 0 Å². The van der Waals surface area contributed by atoms with Crippen LogP contribution in [0.1, 0.15) is 11.1 Å². The quantitative estimate of drug-likeness (QED) is 0.809. The molecule has 2 aromatic rings. The van der Waals surface area contributed by atoms with Gasteiger partial charge in [0.1, 0.15) is 0 Å².